The molecule has 1 aliphatic heterocycles. The molecule has 2 aromatic carbocycles. The third-order valence-corrected chi connectivity index (χ3v) is 9.89. The Kier molecular flexibility index (Phi) is 8.21. The molecule has 0 aromatic heterocycles. The fourth-order valence-electron chi connectivity index (χ4n) is 4.66. The number of carbonyl (C=O) groups is 2. The van der Waals surface area contributed by atoms with Gasteiger partial charge in [-0.25, -0.2) is 13.1 Å². The number of sulfonamides is 1. The quantitative estimate of drug-likeness (QED) is 0.428. The highest BCUT2D eigenvalue weighted by molar-refractivity contribution is 7.91. The SMILES string of the molecule is CC[C@@H](CNS(=O)(=O)C1(C)CC1)N1C(=O)[C@H](CC(=O)O)O[C@H](c2cccc(Cl)c2)[C@H]1c1ccc(Cl)cc1. The Morgan fingerprint density at radius 2 is 1.84 bits per heavy atom. The van der Waals surface area contributed by atoms with Crippen LogP contribution in [0, 0.1) is 0 Å². The lowest BCUT2D eigenvalue weighted by molar-refractivity contribution is -0.183. The lowest BCUT2D eigenvalue weighted by Crippen LogP contribution is -2.57. The number of carboxylic acid groups (broad SMARTS) is 1. The highest BCUT2D eigenvalue weighted by atomic mass is 35.5. The zero-order valence-corrected chi connectivity index (χ0v) is 22.9. The second-order valence-corrected chi connectivity index (χ2v) is 13.0. The van der Waals surface area contributed by atoms with Gasteiger partial charge in [0.15, 0.2) is 0 Å². The number of nitrogens with one attached hydrogen (secondary N) is 1. The van der Waals surface area contributed by atoms with Gasteiger partial charge in [0.05, 0.1) is 17.2 Å². The Bertz CT molecular complexity index is 1270. The monoisotopic (exact) mass is 568 g/mol. The molecule has 0 radical (unpaired) electrons. The van der Waals surface area contributed by atoms with Crippen molar-refractivity contribution in [1.29, 1.82) is 0 Å². The molecule has 8 nitrogen and oxygen atoms in total. The van der Waals surface area contributed by atoms with Crippen molar-refractivity contribution in [2.24, 2.45) is 0 Å². The number of benzene rings is 2. The minimum atomic E-state index is -3.59. The van der Waals surface area contributed by atoms with Crippen LogP contribution in [0.25, 0.3) is 0 Å². The van der Waals surface area contributed by atoms with Crippen LogP contribution in [0.1, 0.15) is 62.8 Å². The van der Waals surface area contributed by atoms with E-state index in [1.807, 2.05) is 13.0 Å². The smallest absolute Gasteiger partial charge is 0.306 e. The van der Waals surface area contributed by atoms with E-state index in [2.05, 4.69) is 4.72 Å². The third-order valence-electron chi connectivity index (χ3n) is 7.15. The van der Waals surface area contributed by atoms with Crippen LogP contribution in [0.15, 0.2) is 48.5 Å². The van der Waals surface area contributed by atoms with Gasteiger partial charge in [-0.3, -0.25) is 9.59 Å². The van der Waals surface area contributed by atoms with E-state index in [9.17, 15) is 23.1 Å². The summed E-state index contributed by atoms with van der Waals surface area (Å²) in [5.41, 5.74) is 1.38. The summed E-state index contributed by atoms with van der Waals surface area (Å²) in [7, 11) is -3.59. The second-order valence-electron chi connectivity index (χ2n) is 9.80. The molecule has 2 N–H and O–H groups in total. The van der Waals surface area contributed by atoms with Crippen LogP contribution in [-0.4, -0.2) is 53.7 Å². The average molecular weight is 570 g/mol. The molecule has 1 heterocycles. The molecule has 2 aromatic rings. The van der Waals surface area contributed by atoms with Gasteiger partial charge in [-0.2, -0.15) is 0 Å². The molecular weight excluding hydrogens is 539 g/mol. The third kappa shape index (κ3) is 5.96. The Balaban J connectivity index is 1.79. The summed E-state index contributed by atoms with van der Waals surface area (Å²) in [5.74, 6) is -1.69. The van der Waals surface area contributed by atoms with Gasteiger partial charge in [-0.15, -0.1) is 0 Å². The standard InChI is InChI=1S/C26H30Cl2N2O6S/c1-3-20(15-29-37(34,35)26(2)11-12-26)30-23(16-7-9-18(27)10-8-16)24(17-5-4-6-19(28)13-17)36-21(25(30)33)14-22(31)32/h4-10,13,20-21,23-24,29H,3,11-12,14-15H2,1-2H3,(H,31,32)/t20-,21-,23+,24+/m0/s1. The topological polar surface area (TPSA) is 113 Å². The van der Waals surface area contributed by atoms with Crippen molar-refractivity contribution in [1.82, 2.24) is 9.62 Å². The van der Waals surface area contributed by atoms with Crippen LogP contribution in [0.4, 0.5) is 0 Å². The van der Waals surface area contributed by atoms with E-state index in [0.717, 1.165) is 0 Å². The summed E-state index contributed by atoms with van der Waals surface area (Å²) in [5, 5.41) is 10.5. The number of carboxylic acids is 1. The molecule has 37 heavy (non-hydrogen) atoms. The van der Waals surface area contributed by atoms with Gasteiger partial charge >= 0.3 is 5.97 Å². The second kappa shape index (κ2) is 10.9. The highest BCUT2D eigenvalue weighted by Crippen LogP contribution is 2.45. The summed E-state index contributed by atoms with van der Waals surface area (Å²) >= 11 is 12.4. The fourth-order valence-corrected chi connectivity index (χ4v) is 6.39. The van der Waals surface area contributed by atoms with Crippen molar-refractivity contribution in [2.45, 2.75) is 68.6 Å². The maximum Gasteiger partial charge on any atom is 0.306 e. The van der Waals surface area contributed by atoms with Crippen molar-refractivity contribution in [3.8, 4) is 0 Å². The van der Waals surface area contributed by atoms with Crippen molar-refractivity contribution in [3.05, 3.63) is 69.7 Å². The largest absolute Gasteiger partial charge is 0.481 e. The van der Waals surface area contributed by atoms with Crippen LogP contribution in [0.2, 0.25) is 10.0 Å². The van der Waals surface area contributed by atoms with Crippen molar-refractivity contribution in [3.63, 3.8) is 0 Å². The molecule has 0 bridgehead atoms. The Morgan fingerprint density at radius 3 is 2.41 bits per heavy atom. The molecule has 11 heteroatoms. The Labute approximate surface area is 226 Å². The molecule has 2 aliphatic rings. The summed E-state index contributed by atoms with van der Waals surface area (Å²) < 4.78 is 33.8. The van der Waals surface area contributed by atoms with Gasteiger partial charge in [0, 0.05) is 22.6 Å². The minimum absolute atomic E-state index is 0.00763. The van der Waals surface area contributed by atoms with Gasteiger partial charge < -0.3 is 14.7 Å². The zero-order chi connectivity index (χ0) is 27.0. The number of nitrogens with zero attached hydrogens (tertiary/aromatic N) is 1. The molecule has 1 saturated heterocycles. The number of ether oxygens (including phenoxy) is 1. The number of hydrogen-bond acceptors (Lipinski definition) is 5. The maximum absolute atomic E-state index is 13.8. The maximum atomic E-state index is 13.8. The number of hydrogen-bond donors (Lipinski definition) is 2. The predicted octanol–water partition coefficient (Wildman–Crippen LogP) is 4.73. The van der Waals surface area contributed by atoms with E-state index >= 15 is 0 Å². The van der Waals surface area contributed by atoms with Crippen molar-refractivity contribution < 1.29 is 27.9 Å². The lowest BCUT2D eigenvalue weighted by atomic mass is 9.89. The first-order valence-electron chi connectivity index (χ1n) is 12.2. The van der Waals surface area contributed by atoms with E-state index < -0.39 is 57.4 Å². The molecule has 4 rings (SSSR count). The number of aliphatic carboxylic acids is 1. The van der Waals surface area contributed by atoms with Gasteiger partial charge in [0.2, 0.25) is 10.0 Å². The van der Waals surface area contributed by atoms with Crippen molar-refractivity contribution >= 4 is 45.1 Å². The zero-order valence-electron chi connectivity index (χ0n) is 20.6. The normalized spacial score (nSPS) is 24.1. The van der Waals surface area contributed by atoms with Crippen molar-refractivity contribution in [2.75, 3.05) is 6.54 Å². The fraction of sp³-hybridized carbons (Fsp3) is 0.462. The molecule has 200 valence electrons. The van der Waals surface area contributed by atoms with Crippen LogP contribution < -0.4 is 4.72 Å². The predicted molar refractivity (Wildman–Crippen MR) is 141 cm³/mol. The summed E-state index contributed by atoms with van der Waals surface area (Å²) in [6.45, 7) is 3.55. The van der Waals surface area contributed by atoms with E-state index in [0.29, 0.717) is 40.4 Å². The molecule has 4 atom stereocenters. The van der Waals surface area contributed by atoms with Gasteiger partial charge in [0.25, 0.3) is 5.91 Å². The number of carbonyl (C=O) groups excluding carboxylic acids is 1. The van der Waals surface area contributed by atoms with Gasteiger partial charge in [0.1, 0.15) is 12.2 Å². The van der Waals surface area contributed by atoms with Crippen LogP contribution >= 0.6 is 23.2 Å². The molecule has 1 saturated carbocycles. The molecule has 2 fully saturated rings. The van der Waals surface area contributed by atoms with Gasteiger partial charge in [-0.05, 0) is 61.6 Å². The first-order chi connectivity index (χ1) is 17.5. The Hall–Kier alpha value is -2.17. The Morgan fingerprint density at radius 1 is 1.16 bits per heavy atom. The summed E-state index contributed by atoms with van der Waals surface area (Å²) in [6, 6.07) is 12.7. The van der Waals surface area contributed by atoms with Crippen LogP contribution in [0.5, 0.6) is 0 Å². The molecule has 1 aliphatic carbocycles. The van der Waals surface area contributed by atoms with E-state index in [1.165, 1.54) is 0 Å². The summed E-state index contributed by atoms with van der Waals surface area (Å²) in [4.78, 5) is 27.0. The van der Waals surface area contributed by atoms with E-state index in [4.69, 9.17) is 27.9 Å². The lowest BCUT2D eigenvalue weighted by Gasteiger charge is -2.48. The average Bonchev–Trinajstić information content (AvgIpc) is 3.61. The number of halogens is 2. The molecule has 1 amide bonds. The molecule has 0 unspecified atom stereocenters. The highest BCUT2D eigenvalue weighted by Gasteiger charge is 2.51. The minimum Gasteiger partial charge on any atom is -0.481 e. The first kappa shape index (κ1) is 27.9. The van der Waals surface area contributed by atoms with E-state index in [1.54, 1.807) is 54.3 Å². The molecular formula is C26H30Cl2N2O6S. The number of morpholine rings is 1. The van der Waals surface area contributed by atoms with Gasteiger partial charge in [-0.1, -0.05) is 54.4 Å². The van der Waals surface area contributed by atoms with Crippen LogP contribution in [0.3, 0.4) is 0 Å². The summed E-state index contributed by atoms with van der Waals surface area (Å²) in [6.07, 6.45) is -0.941. The molecule has 0 spiro atoms. The van der Waals surface area contributed by atoms with Crippen LogP contribution in [-0.2, 0) is 24.3 Å². The number of rotatable bonds is 10. The van der Waals surface area contributed by atoms with E-state index in [-0.39, 0.29) is 6.54 Å². The first-order valence-corrected chi connectivity index (χ1v) is 14.4. The number of amides is 1.